The zero-order chi connectivity index (χ0) is 17.9. The third-order valence-corrected chi connectivity index (χ3v) is 4.86. The lowest BCUT2D eigenvalue weighted by molar-refractivity contribution is 0.122. The van der Waals surface area contributed by atoms with Crippen LogP contribution in [0, 0.1) is 13.8 Å². The van der Waals surface area contributed by atoms with Gasteiger partial charge in [-0.05, 0) is 13.8 Å². The van der Waals surface area contributed by atoms with Gasteiger partial charge in [0.2, 0.25) is 0 Å². The largest absolute Gasteiger partial charge is 0.378 e. The van der Waals surface area contributed by atoms with Crippen LogP contribution >= 0.6 is 0 Å². The number of anilines is 3. The molecule has 2 saturated heterocycles. The highest BCUT2D eigenvalue weighted by Crippen LogP contribution is 2.22. The number of aromatic nitrogens is 4. The smallest absolute Gasteiger partial charge is 0.134 e. The van der Waals surface area contributed by atoms with Crippen LogP contribution in [0.2, 0.25) is 0 Å². The summed E-state index contributed by atoms with van der Waals surface area (Å²) in [7, 11) is 0. The topological polar surface area (TPSA) is 70.5 Å². The summed E-state index contributed by atoms with van der Waals surface area (Å²) >= 11 is 0. The van der Waals surface area contributed by atoms with Crippen molar-refractivity contribution in [1.29, 1.82) is 0 Å². The van der Waals surface area contributed by atoms with Gasteiger partial charge in [-0.25, -0.2) is 19.9 Å². The molecule has 0 aliphatic carbocycles. The molecular weight excluding hydrogens is 330 g/mol. The van der Waals surface area contributed by atoms with E-state index in [9.17, 15) is 0 Å². The molecule has 8 nitrogen and oxygen atoms in total. The molecule has 0 spiro atoms. The number of hydrogen-bond acceptors (Lipinski definition) is 8. The van der Waals surface area contributed by atoms with Crippen molar-refractivity contribution in [3.8, 4) is 0 Å². The summed E-state index contributed by atoms with van der Waals surface area (Å²) in [6, 6.07) is 4.16. The molecule has 0 atom stereocenters. The highest BCUT2D eigenvalue weighted by molar-refractivity contribution is 5.52. The molecule has 4 heterocycles. The van der Waals surface area contributed by atoms with Gasteiger partial charge in [0.15, 0.2) is 0 Å². The SMILES string of the molecule is Cc1cc(N2CCN(c3cc(N4CCOCC4)nc(C)n3)CC2)ncn1. The Labute approximate surface area is 153 Å². The summed E-state index contributed by atoms with van der Waals surface area (Å²) in [5, 5.41) is 0. The van der Waals surface area contributed by atoms with Crippen LogP contribution in [-0.2, 0) is 4.74 Å². The molecule has 26 heavy (non-hydrogen) atoms. The first-order valence-electron chi connectivity index (χ1n) is 9.16. The lowest BCUT2D eigenvalue weighted by Crippen LogP contribution is -2.47. The molecule has 2 aliphatic heterocycles. The number of aryl methyl sites for hydroxylation is 2. The van der Waals surface area contributed by atoms with E-state index in [2.05, 4.69) is 40.7 Å². The Bertz CT molecular complexity index is 755. The maximum absolute atomic E-state index is 5.45. The molecule has 0 N–H and O–H groups in total. The highest BCUT2D eigenvalue weighted by Gasteiger charge is 2.21. The first-order chi connectivity index (χ1) is 12.7. The Kier molecular flexibility index (Phi) is 4.83. The zero-order valence-corrected chi connectivity index (χ0v) is 15.4. The summed E-state index contributed by atoms with van der Waals surface area (Å²) in [6.45, 7) is 10.9. The third-order valence-electron chi connectivity index (χ3n) is 4.86. The molecule has 2 aromatic rings. The van der Waals surface area contributed by atoms with Crippen LogP contribution in [0.1, 0.15) is 11.5 Å². The second-order valence-corrected chi connectivity index (χ2v) is 6.72. The standard InChI is InChI=1S/C18H25N7O/c1-14-11-16(20-13-19-14)23-3-5-24(6-4-23)17-12-18(22-15(2)21-17)25-7-9-26-10-8-25/h11-13H,3-10H2,1-2H3. The van der Waals surface area contributed by atoms with E-state index in [1.165, 1.54) is 0 Å². The average Bonchev–Trinajstić information content (AvgIpc) is 2.68. The van der Waals surface area contributed by atoms with Crippen LogP contribution < -0.4 is 14.7 Å². The lowest BCUT2D eigenvalue weighted by Gasteiger charge is -2.36. The molecule has 138 valence electrons. The molecular formula is C18H25N7O. The Morgan fingerprint density at radius 3 is 1.92 bits per heavy atom. The molecule has 2 fully saturated rings. The van der Waals surface area contributed by atoms with Gasteiger partial charge in [0.05, 0.1) is 13.2 Å². The van der Waals surface area contributed by atoms with Gasteiger partial charge in [-0.1, -0.05) is 0 Å². The van der Waals surface area contributed by atoms with E-state index in [0.717, 1.165) is 81.5 Å². The van der Waals surface area contributed by atoms with Gasteiger partial charge < -0.3 is 19.4 Å². The van der Waals surface area contributed by atoms with Gasteiger partial charge in [-0.3, -0.25) is 0 Å². The molecule has 8 heteroatoms. The van der Waals surface area contributed by atoms with E-state index < -0.39 is 0 Å². The van der Waals surface area contributed by atoms with Gasteiger partial charge in [-0.2, -0.15) is 0 Å². The molecule has 0 aromatic carbocycles. The second-order valence-electron chi connectivity index (χ2n) is 6.72. The highest BCUT2D eigenvalue weighted by atomic mass is 16.5. The molecule has 4 rings (SSSR count). The monoisotopic (exact) mass is 355 g/mol. The van der Waals surface area contributed by atoms with Crippen molar-refractivity contribution < 1.29 is 4.74 Å². The number of nitrogens with zero attached hydrogens (tertiary/aromatic N) is 7. The molecule has 0 radical (unpaired) electrons. The fourth-order valence-electron chi connectivity index (χ4n) is 3.43. The molecule has 2 aromatic heterocycles. The number of rotatable bonds is 3. The van der Waals surface area contributed by atoms with Crippen LogP contribution in [-0.4, -0.2) is 72.4 Å². The van der Waals surface area contributed by atoms with Crippen LogP contribution in [0.3, 0.4) is 0 Å². The third kappa shape index (κ3) is 3.70. The molecule has 0 bridgehead atoms. The van der Waals surface area contributed by atoms with Gasteiger partial charge >= 0.3 is 0 Å². The first kappa shape index (κ1) is 17.0. The van der Waals surface area contributed by atoms with E-state index >= 15 is 0 Å². The van der Waals surface area contributed by atoms with Crippen LogP contribution in [0.25, 0.3) is 0 Å². The van der Waals surface area contributed by atoms with Crippen molar-refractivity contribution in [2.75, 3.05) is 67.2 Å². The predicted molar refractivity (Wildman–Crippen MR) is 101 cm³/mol. The Balaban J connectivity index is 1.46. The van der Waals surface area contributed by atoms with E-state index in [4.69, 9.17) is 4.74 Å². The summed E-state index contributed by atoms with van der Waals surface area (Å²) in [6.07, 6.45) is 1.64. The van der Waals surface area contributed by atoms with Crippen molar-refractivity contribution in [3.05, 3.63) is 30.0 Å². The van der Waals surface area contributed by atoms with Gasteiger partial charge in [0.25, 0.3) is 0 Å². The summed E-state index contributed by atoms with van der Waals surface area (Å²) < 4.78 is 5.45. The van der Waals surface area contributed by atoms with E-state index in [0.29, 0.717) is 0 Å². The Morgan fingerprint density at radius 1 is 0.731 bits per heavy atom. The number of piperazine rings is 1. The van der Waals surface area contributed by atoms with Crippen molar-refractivity contribution in [3.63, 3.8) is 0 Å². The predicted octanol–water partition coefficient (Wildman–Crippen LogP) is 1.05. The van der Waals surface area contributed by atoms with Crippen LogP contribution in [0.15, 0.2) is 18.5 Å². The quantitative estimate of drug-likeness (QED) is 0.809. The van der Waals surface area contributed by atoms with Crippen molar-refractivity contribution in [1.82, 2.24) is 19.9 Å². The van der Waals surface area contributed by atoms with Crippen molar-refractivity contribution in [2.45, 2.75) is 13.8 Å². The minimum Gasteiger partial charge on any atom is -0.378 e. The van der Waals surface area contributed by atoms with Gasteiger partial charge in [-0.15, -0.1) is 0 Å². The Hall–Kier alpha value is -2.48. The second kappa shape index (κ2) is 7.41. The van der Waals surface area contributed by atoms with Crippen molar-refractivity contribution >= 4 is 17.5 Å². The maximum Gasteiger partial charge on any atom is 0.134 e. The van der Waals surface area contributed by atoms with Crippen molar-refractivity contribution in [2.24, 2.45) is 0 Å². The normalized spacial score (nSPS) is 18.3. The number of hydrogen-bond donors (Lipinski definition) is 0. The number of morpholine rings is 1. The van der Waals surface area contributed by atoms with E-state index in [-0.39, 0.29) is 0 Å². The van der Waals surface area contributed by atoms with Gasteiger partial charge in [0, 0.05) is 57.1 Å². The van der Waals surface area contributed by atoms with E-state index in [1.807, 2.05) is 19.9 Å². The molecule has 0 amide bonds. The zero-order valence-electron chi connectivity index (χ0n) is 15.4. The summed E-state index contributed by atoms with van der Waals surface area (Å²) in [5.41, 5.74) is 0.999. The average molecular weight is 355 g/mol. The Morgan fingerprint density at radius 2 is 1.31 bits per heavy atom. The molecule has 0 unspecified atom stereocenters. The summed E-state index contributed by atoms with van der Waals surface area (Å²) in [5.74, 6) is 3.84. The van der Waals surface area contributed by atoms with Crippen LogP contribution in [0.5, 0.6) is 0 Å². The minimum absolute atomic E-state index is 0.759. The molecule has 0 saturated carbocycles. The lowest BCUT2D eigenvalue weighted by atomic mass is 10.3. The maximum atomic E-state index is 5.45. The number of ether oxygens (including phenoxy) is 1. The fraction of sp³-hybridized carbons (Fsp3) is 0.556. The molecule has 2 aliphatic rings. The summed E-state index contributed by atoms with van der Waals surface area (Å²) in [4.78, 5) is 24.8. The van der Waals surface area contributed by atoms with Crippen LogP contribution in [0.4, 0.5) is 17.5 Å². The fourth-order valence-corrected chi connectivity index (χ4v) is 3.43. The van der Waals surface area contributed by atoms with E-state index in [1.54, 1.807) is 6.33 Å². The minimum atomic E-state index is 0.759. The first-order valence-corrected chi connectivity index (χ1v) is 9.16. The van der Waals surface area contributed by atoms with Gasteiger partial charge in [0.1, 0.15) is 29.6 Å².